The third-order valence-electron chi connectivity index (χ3n) is 3.57. The highest BCUT2D eigenvalue weighted by molar-refractivity contribution is 7.88. The fourth-order valence-corrected chi connectivity index (χ4v) is 3.46. The second-order valence-electron chi connectivity index (χ2n) is 4.69. The maximum Gasteiger partial charge on any atom is 0.211 e. The van der Waals surface area contributed by atoms with Gasteiger partial charge in [-0.3, -0.25) is 4.90 Å². The summed E-state index contributed by atoms with van der Waals surface area (Å²) in [6.45, 7) is 8.82. The van der Waals surface area contributed by atoms with E-state index in [0.29, 0.717) is 12.6 Å². The van der Waals surface area contributed by atoms with Gasteiger partial charge < -0.3 is 0 Å². The van der Waals surface area contributed by atoms with Gasteiger partial charge in [0.15, 0.2) is 0 Å². The van der Waals surface area contributed by atoms with Gasteiger partial charge in [0.1, 0.15) is 0 Å². The van der Waals surface area contributed by atoms with E-state index in [2.05, 4.69) is 25.7 Å². The van der Waals surface area contributed by atoms with Crippen molar-refractivity contribution in [3.8, 4) is 0 Å². The molecule has 0 aliphatic carbocycles. The van der Waals surface area contributed by atoms with Crippen molar-refractivity contribution in [3.05, 3.63) is 0 Å². The van der Waals surface area contributed by atoms with Crippen LogP contribution in [0.5, 0.6) is 0 Å². The Hall–Kier alpha value is -0.130. The summed E-state index contributed by atoms with van der Waals surface area (Å²) in [6, 6.07) is 0.702. The smallest absolute Gasteiger partial charge is 0.211 e. The van der Waals surface area contributed by atoms with Crippen LogP contribution in [0.15, 0.2) is 0 Å². The predicted molar refractivity (Wildman–Crippen MR) is 67.0 cm³/mol. The lowest BCUT2D eigenvalue weighted by Crippen LogP contribution is -2.56. The van der Waals surface area contributed by atoms with Crippen molar-refractivity contribution in [2.75, 3.05) is 25.9 Å². The zero-order valence-electron chi connectivity index (χ0n) is 10.8. The molecule has 0 N–H and O–H groups in total. The van der Waals surface area contributed by atoms with E-state index in [1.54, 1.807) is 4.31 Å². The first-order valence-corrected chi connectivity index (χ1v) is 7.95. The van der Waals surface area contributed by atoms with E-state index in [9.17, 15) is 8.42 Å². The molecule has 0 aromatic heterocycles. The van der Waals surface area contributed by atoms with Crippen LogP contribution in [0.4, 0.5) is 0 Å². The minimum atomic E-state index is -3.04. The minimum absolute atomic E-state index is 0.151. The molecule has 16 heavy (non-hydrogen) atoms. The van der Waals surface area contributed by atoms with Gasteiger partial charge in [0.2, 0.25) is 10.0 Å². The number of nitrogens with zero attached hydrogens (tertiary/aromatic N) is 2. The van der Waals surface area contributed by atoms with Crippen molar-refractivity contribution >= 4 is 10.0 Å². The maximum atomic E-state index is 11.6. The van der Waals surface area contributed by atoms with Crippen molar-refractivity contribution in [1.29, 1.82) is 0 Å². The van der Waals surface area contributed by atoms with Crippen LogP contribution in [-0.4, -0.2) is 55.6 Å². The van der Waals surface area contributed by atoms with Crippen molar-refractivity contribution in [1.82, 2.24) is 9.21 Å². The van der Waals surface area contributed by atoms with E-state index in [1.807, 2.05) is 0 Å². The SMILES string of the molecule is CCC(C)N1CCN(S(C)(=O)=O)[C@@H](CC)C1. The van der Waals surface area contributed by atoms with Crippen LogP contribution in [-0.2, 0) is 10.0 Å². The van der Waals surface area contributed by atoms with Crippen molar-refractivity contribution in [3.63, 3.8) is 0 Å². The van der Waals surface area contributed by atoms with Gasteiger partial charge in [-0.15, -0.1) is 0 Å². The zero-order valence-corrected chi connectivity index (χ0v) is 11.6. The quantitative estimate of drug-likeness (QED) is 0.749. The predicted octanol–water partition coefficient (Wildman–Crippen LogP) is 1.14. The molecule has 1 rings (SSSR count). The van der Waals surface area contributed by atoms with E-state index in [0.717, 1.165) is 25.9 Å². The van der Waals surface area contributed by atoms with Crippen LogP contribution >= 0.6 is 0 Å². The van der Waals surface area contributed by atoms with Crippen LogP contribution in [0.3, 0.4) is 0 Å². The molecular formula is C11H24N2O2S. The molecule has 1 aliphatic heterocycles. The van der Waals surface area contributed by atoms with Crippen LogP contribution in [0.1, 0.15) is 33.6 Å². The van der Waals surface area contributed by atoms with Gasteiger partial charge >= 0.3 is 0 Å². The summed E-state index contributed by atoms with van der Waals surface area (Å²) in [7, 11) is -3.04. The Morgan fingerprint density at radius 3 is 2.38 bits per heavy atom. The standard InChI is InChI=1S/C11H24N2O2S/c1-5-10(3)12-7-8-13(16(4,14)15)11(6-2)9-12/h10-11H,5-9H2,1-4H3/t10?,11-/m0/s1. The average Bonchev–Trinajstić information content (AvgIpc) is 2.25. The van der Waals surface area contributed by atoms with Gasteiger partial charge in [-0.05, 0) is 19.8 Å². The van der Waals surface area contributed by atoms with Crippen molar-refractivity contribution in [2.45, 2.75) is 45.7 Å². The number of piperazine rings is 1. The Bertz CT molecular complexity index is 316. The molecule has 0 saturated carbocycles. The largest absolute Gasteiger partial charge is 0.298 e. The molecule has 0 aromatic rings. The summed E-state index contributed by atoms with van der Waals surface area (Å²) >= 11 is 0. The second-order valence-corrected chi connectivity index (χ2v) is 6.62. The molecule has 1 unspecified atom stereocenters. The number of rotatable bonds is 4. The highest BCUT2D eigenvalue weighted by atomic mass is 32.2. The summed E-state index contributed by atoms with van der Waals surface area (Å²) in [6.07, 6.45) is 3.32. The van der Waals surface area contributed by atoms with E-state index in [1.165, 1.54) is 6.26 Å². The summed E-state index contributed by atoms with van der Waals surface area (Å²) in [4.78, 5) is 2.40. The lowest BCUT2D eigenvalue weighted by atomic mass is 10.1. The summed E-state index contributed by atoms with van der Waals surface area (Å²) in [5, 5.41) is 0. The topological polar surface area (TPSA) is 40.6 Å². The molecule has 96 valence electrons. The Balaban J connectivity index is 2.71. The molecule has 0 radical (unpaired) electrons. The van der Waals surface area contributed by atoms with Gasteiger partial charge in [-0.25, -0.2) is 8.42 Å². The van der Waals surface area contributed by atoms with Crippen LogP contribution < -0.4 is 0 Å². The van der Waals surface area contributed by atoms with Gasteiger partial charge in [0.25, 0.3) is 0 Å². The summed E-state index contributed by atoms with van der Waals surface area (Å²) in [5.74, 6) is 0. The molecule has 1 fully saturated rings. The Morgan fingerprint density at radius 1 is 1.31 bits per heavy atom. The molecule has 1 heterocycles. The van der Waals surface area contributed by atoms with Gasteiger partial charge in [-0.1, -0.05) is 13.8 Å². The van der Waals surface area contributed by atoms with Crippen molar-refractivity contribution < 1.29 is 8.42 Å². The third kappa shape index (κ3) is 3.18. The van der Waals surface area contributed by atoms with E-state index >= 15 is 0 Å². The number of hydrogen-bond acceptors (Lipinski definition) is 3. The zero-order chi connectivity index (χ0) is 12.3. The summed E-state index contributed by atoms with van der Waals surface area (Å²) < 4.78 is 24.9. The lowest BCUT2D eigenvalue weighted by Gasteiger charge is -2.42. The molecule has 0 bridgehead atoms. The minimum Gasteiger partial charge on any atom is -0.298 e. The highest BCUT2D eigenvalue weighted by Crippen LogP contribution is 2.18. The first-order chi connectivity index (χ1) is 7.40. The van der Waals surface area contributed by atoms with E-state index < -0.39 is 10.0 Å². The molecule has 0 amide bonds. The molecule has 0 spiro atoms. The lowest BCUT2D eigenvalue weighted by molar-refractivity contribution is 0.0985. The molecule has 0 aromatic carbocycles. The Labute approximate surface area is 99.7 Å². The maximum absolute atomic E-state index is 11.6. The first-order valence-electron chi connectivity index (χ1n) is 6.11. The molecular weight excluding hydrogens is 224 g/mol. The number of sulfonamides is 1. The van der Waals surface area contributed by atoms with Crippen molar-refractivity contribution in [2.24, 2.45) is 0 Å². The monoisotopic (exact) mass is 248 g/mol. The number of hydrogen-bond donors (Lipinski definition) is 0. The fraction of sp³-hybridized carbons (Fsp3) is 1.00. The average molecular weight is 248 g/mol. The molecule has 2 atom stereocenters. The summed E-state index contributed by atoms with van der Waals surface area (Å²) in [5.41, 5.74) is 0. The molecule has 1 saturated heterocycles. The first kappa shape index (κ1) is 13.9. The third-order valence-corrected chi connectivity index (χ3v) is 4.90. The van der Waals surface area contributed by atoms with Crippen LogP contribution in [0.25, 0.3) is 0 Å². The Morgan fingerprint density at radius 2 is 1.94 bits per heavy atom. The van der Waals surface area contributed by atoms with Crippen LogP contribution in [0.2, 0.25) is 0 Å². The van der Waals surface area contributed by atoms with Crippen LogP contribution in [0, 0.1) is 0 Å². The highest BCUT2D eigenvalue weighted by Gasteiger charge is 2.32. The fourth-order valence-electron chi connectivity index (χ4n) is 2.29. The van der Waals surface area contributed by atoms with Gasteiger partial charge in [-0.2, -0.15) is 4.31 Å². The van der Waals surface area contributed by atoms with Gasteiger partial charge in [0.05, 0.1) is 6.26 Å². The molecule has 4 nitrogen and oxygen atoms in total. The second kappa shape index (κ2) is 5.47. The van der Waals surface area contributed by atoms with E-state index in [4.69, 9.17) is 0 Å². The molecule has 5 heteroatoms. The van der Waals surface area contributed by atoms with E-state index in [-0.39, 0.29) is 6.04 Å². The van der Waals surface area contributed by atoms with Gasteiger partial charge in [0, 0.05) is 31.7 Å². The normalized spacial score (nSPS) is 26.9. The molecule has 1 aliphatic rings. The Kier molecular flexibility index (Phi) is 4.76.